The van der Waals surface area contributed by atoms with Crippen molar-refractivity contribution in [3.8, 4) is 0 Å². The minimum absolute atomic E-state index is 0.00988. The molecule has 2 aromatic heterocycles. The summed E-state index contributed by atoms with van der Waals surface area (Å²) < 4.78 is 26.8. The van der Waals surface area contributed by atoms with E-state index in [1.807, 2.05) is 0 Å². The molecule has 0 spiro atoms. The van der Waals surface area contributed by atoms with Gasteiger partial charge in [-0.3, -0.25) is 4.79 Å². The Bertz CT molecular complexity index is 1030. The van der Waals surface area contributed by atoms with E-state index in [0.717, 1.165) is 0 Å². The Morgan fingerprint density at radius 2 is 1.56 bits per heavy atom. The van der Waals surface area contributed by atoms with Gasteiger partial charge in [-0.2, -0.15) is 5.11 Å². The number of nitrogens with zero attached hydrogens (tertiary/aromatic N) is 4. The smallest absolute Gasteiger partial charge is 0.264 e. The van der Waals surface area contributed by atoms with Crippen molar-refractivity contribution in [3.05, 3.63) is 71.4 Å². The van der Waals surface area contributed by atoms with E-state index < -0.39 is 10.0 Å². The number of aromatic nitrogens is 3. The summed E-state index contributed by atoms with van der Waals surface area (Å²) in [6.45, 7) is 0. The molecule has 3 rings (SSSR count). The Hall–Kier alpha value is -3.40. The summed E-state index contributed by atoms with van der Waals surface area (Å²) in [5, 5.41) is 7.92. The number of benzene rings is 1. The van der Waals surface area contributed by atoms with Crippen LogP contribution >= 0.6 is 0 Å². The molecule has 0 unspecified atom stereocenters. The van der Waals surface area contributed by atoms with Crippen LogP contribution in [0.4, 0.5) is 17.3 Å². The van der Waals surface area contributed by atoms with Crippen LogP contribution in [-0.2, 0) is 10.0 Å². The number of aromatic amines is 1. The maximum atomic E-state index is 12.2. The highest BCUT2D eigenvalue weighted by molar-refractivity contribution is 7.92. The van der Waals surface area contributed by atoms with Crippen LogP contribution in [0.5, 0.6) is 0 Å². The SMILES string of the molecule is O=c1ccc(N=Nc2ccc(S(=O)(=O)Nc3ncccn3)cc2)c[nH]1. The van der Waals surface area contributed by atoms with Gasteiger partial charge in [0.1, 0.15) is 5.69 Å². The molecule has 9 nitrogen and oxygen atoms in total. The zero-order chi connectivity index (χ0) is 17.7. The zero-order valence-corrected chi connectivity index (χ0v) is 13.5. The summed E-state index contributed by atoms with van der Waals surface area (Å²) >= 11 is 0. The van der Waals surface area contributed by atoms with Gasteiger partial charge in [-0.25, -0.2) is 23.1 Å². The second kappa shape index (κ2) is 7.01. The lowest BCUT2D eigenvalue weighted by Crippen LogP contribution is -2.14. The normalized spacial score (nSPS) is 11.5. The van der Waals surface area contributed by atoms with E-state index in [2.05, 4.69) is 29.9 Å². The number of hydrogen-bond donors (Lipinski definition) is 2. The first-order chi connectivity index (χ1) is 12.0. The predicted octanol–water partition coefficient (Wildman–Crippen LogP) is 2.38. The standard InChI is InChI=1S/C15H12N6O3S/c22-14-7-4-12(10-18-14)20-19-11-2-5-13(6-3-11)25(23,24)21-15-16-8-1-9-17-15/h1-10H,(H,18,22)(H,16,17,21). The molecule has 2 N–H and O–H groups in total. The molecule has 0 amide bonds. The molecule has 126 valence electrons. The van der Waals surface area contributed by atoms with E-state index in [-0.39, 0.29) is 16.4 Å². The first-order valence-corrected chi connectivity index (χ1v) is 8.52. The number of hydrogen-bond acceptors (Lipinski definition) is 7. The molecular formula is C15H12N6O3S. The summed E-state index contributed by atoms with van der Waals surface area (Å²) in [7, 11) is -3.79. The van der Waals surface area contributed by atoms with Crippen molar-refractivity contribution >= 4 is 27.3 Å². The molecule has 0 atom stereocenters. The largest absolute Gasteiger partial charge is 0.327 e. The Labute approximate surface area is 142 Å². The number of nitrogens with one attached hydrogen (secondary N) is 2. The van der Waals surface area contributed by atoms with Crippen LogP contribution in [0.25, 0.3) is 0 Å². The molecule has 3 aromatic rings. The maximum Gasteiger partial charge on any atom is 0.264 e. The van der Waals surface area contributed by atoms with Gasteiger partial charge in [0.25, 0.3) is 10.0 Å². The highest BCUT2D eigenvalue weighted by atomic mass is 32.2. The van der Waals surface area contributed by atoms with Gasteiger partial charge in [-0.15, -0.1) is 5.11 Å². The van der Waals surface area contributed by atoms with Crippen LogP contribution in [-0.4, -0.2) is 23.4 Å². The van der Waals surface area contributed by atoms with Crippen LogP contribution < -0.4 is 10.3 Å². The lowest BCUT2D eigenvalue weighted by atomic mass is 10.3. The fourth-order valence-corrected chi connectivity index (χ4v) is 2.76. The van der Waals surface area contributed by atoms with E-state index in [9.17, 15) is 13.2 Å². The molecule has 25 heavy (non-hydrogen) atoms. The summed E-state index contributed by atoms with van der Waals surface area (Å²) in [5.41, 5.74) is 0.698. The minimum atomic E-state index is -3.79. The topological polar surface area (TPSA) is 130 Å². The van der Waals surface area contributed by atoms with Gasteiger partial charge in [0.2, 0.25) is 11.5 Å². The van der Waals surface area contributed by atoms with Crippen molar-refractivity contribution in [2.75, 3.05) is 4.72 Å². The molecule has 0 aliphatic carbocycles. The van der Waals surface area contributed by atoms with E-state index in [1.165, 1.54) is 55.0 Å². The first-order valence-electron chi connectivity index (χ1n) is 7.03. The van der Waals surface area contributed by atoms with Crippen LogP contribution in [0.1, 0.15) is 0 Å². The van der Waals surface area contributed by atoms with Gasteiger partial charge in [-0.05, 0) is 36.4 Å². The summed E-state index contributed by atoms with van der Waals surface area (Å²) in [4.78, 5) is 21.1. The molecule has 0 bridgehead atoms. The van der Waals surface area contributed by atoms with Crippen molar-refractivity contribution in [2.45, 2.75) is 4.90 Å². The Morgan fingerprint density at radius 1 is 0.920 bits per heavy atom. The highest BCUT2D eigenvalue weighted by Gasteiger charge is 2.15. The number of azo groups is 1. The average Bonchev–Trinajstić information content (AvgIpc) is 2.62. The number of anilines is 1. The third-order valence-corrected chi connectivity index (χ3v) is 4.33. The van der Waals surface area contributed by atoms with Crippen LogP contribution in [0.2, 0.25) is 0 Å². The first kappa shape index (κ1) is 16.5. The number of H-pyrrole nitrogens is 1. The molecule has 1 aromatic carbocycles. The fraction of sp³-hybridized carbons (Fsp3) is 0. The molecule has 10 heteroatoms. The molecular weight excluding hydrogens is 344 g/mol. The van der Waals surface area contributed by atoms with Gasteiger partial charge in [-0.1, -0.05) is 0 Å². The van der Waals surface area contributed by atoms with Crippen LogP contribution in [0, 0.1) is 0 Å². The predicted molar refractivity (Wildman–Crippen MR) is 90.5 cm³/mol. The second-order valence-electron chi connectivity index (χ2n) is 4.78. The van der Waals surface area contributed by atoms with Crippen molar-refractivity contribution in [2.24, 2.45) is 10.2 Å². The highest BCUT2D eigenvalue weighted by Crippen LogP contribution is 2.20. The number of sulfonamides is 1. The van der Waals surface area contributed by atoms with Crippen molar-refractivity contribution in [3.63, 3.8) is 0 Å². The minimum Gasteiger partial charge on any atom is -0.327 e. The number of pyridine rings is 1. The zero-order valence-electron chi connectivity index (χ0n) is 12.7. The number of rotatable bonds is 5. The van der Waals surface area contributed by atoms with Crippen molar-refractivity contribution in [1.29, 1.82) is 0 Å². The molecule has 0 aliphatic heterocycles. The quantitative estimate of drug-likeness (QED) is 0.678. The fourth-order valence-electron chi connectivity index (χ4n) is 1.80. The molecule has 2 heterocycles. The second-order valence-corrected chi connectivity index (χ2v) is 6.47. The van der Waals surface area contributed by atoms with Gasteiger partial charge < -0.3 is 4.98 Å². The van der Waals surface area contributed by atoms with Crippen LogP contribution in [0.3, 0.4) is 0 Å². The molecule has 0 aliphatic rings. The van der Waals surface area contributed by atoms with Gasteiger partial charge in [0.15, 0.2) is 0 Å². The monoisotopic (exact) mass is 356 g/mol. The Balaban J connectivity index is 1.75. The summed E-state index contributed by atoms with van der Waals surface area (Å²) in [6, 6.07) is 10.2. The molecule has 0 saturated carbocycles. The third-order valence-electron chi connectivity index (χ3n) is 2.99. The summed E-state index contributed by atoms with van der Waals surface area (Å²) in [5.74, 6) is -0.00988. The van der Waals surface area contributed by atoms with Gasteiger partial charge in [0, 0.05) is 24.7 Å². The van der Waals surface area contributed by atoms with Crippen molar-refractivity contribution in [1.82, 2.24) is 15.0 Å². The van der Waals surface area contributed by atoms with Crippen molar-refractivity contribution < 1.29 is 8.42 Å². The maximum absolute atomic E-state index is 12.2. The van der Waals surface area contributed by atoms with Gasteiger partial charge >= 0.3 is 0 Å². The molecule has 0 fully saturated rings. The average molecular weight is 356 g/mol. The Kier molecular flexibility index (Phi) is 4.61. The molecule has 0 saturated heterocycles. The van der Waals surface area contributed by atoms with Gasteiger partial charge in [0.05, 0.1) is 10.6 Å². The lowest BCUT2D eigenvalue weighted by Gasteiger charge is -2.06. The lowest BCUT2D eigenvalue weighted by molar-refractivity contribution is 0.601. The van der Waals surface area contributed by atoms with E-state index in [4.69, 9.17) is 0 Å². The third kappa shape index (κ3) is 4.32. The van der Waals surface area contributed by atoms with E-state index >= 15 is 0 Å². The Morgan fingerprint density at radius 3 is 2.20 bits per heavy atom. The van der Waals surface area contributed by atoms with E-state index in [1.54, 1.807) is 6.07 Å². The summed E-state index contributed by atoms with van der Waals surface area (Å²) in [6.07, 6.45) is 4.30. The van der Waals surface area contributed by atoms with E-state index in [0.29, 0.717) is 11.4 Å². The van der Waals surface area contributed by atoms with Crippen LogP contribution in [0.15, 0.2) is 81.0 Å². The molecule has 0 radical (unpaired) electrons.